The monoisotopic (exact) mass is 449 g/mol. The number of para-hydroxylation sites is 1. The van der Waals surface area contributed by atoms with Crippen LogP contribution in [0.15, 0.2) is 59.6 Å². The number of hydrogen-bond acceptors (Lipinski definition) is 5. The van der Waals surface area contributed by atoms with Crippen LogP contribution in [0, 0.1) is 0 Å². The number of ether oxygens (including phenoxy) is 1. The van der Waals surface area contributed by atoms with Gasteiger partial charge in [0.25, 0.3) is 11.8 Å². The average Bonchev–Trinajstić information content (AvgIpc) is 3.16. The van der Waals surface area contributed by atoms with Gasteiger partial charge in [-0.05, 0) is 43.4 Å². The van der Waals surface area contributed by atoms with E-state index in [9.17, 15) is 19.5 Å². The molecule has 1 fully saturated rings. The predicted molar refractivity (Wildman–Crippen MR) is 122 cm³/mol. The van der Waals surface area contributed by atoms with Crippen LogP contribution in [0.4, 0.5) is 4.79 Å². The van der Waals surface area contributed by atoms with Gasteiger partial charge in [-0.15, -0.1) is 0 Å². The molecule has 33 heavy (non-hydrogen) atoms. The Morgan fingerprint density at radius 1 is 1.12 bits per heavy atom. The number of hydrogen-bond donors (Lipinski definition) is 2. The van der Waals surface area contributed by atoms with E-state index < -0.39 is 18.5 Å². The minimum atomic E-state index is -0.606. The maximum absolute atomic E-state index is 12.9. The van der Waals surface area contributed by atoms with Gasteiger partial charge in [-0.3, -0.25) is 14.5 Å². The minimum absolute atomic E-state index is 0.107. The molecule has 0 spiro atoms. The summed E-state index contributed by atoms with van der Waals surface area (Å²) in [6, 6.07) is 16.2. The van der Waals surface area contributed by atoms with Gasteiger partial charge in [-0.25, -0.2) is 4.79 Å². The molecule has 4 amide bonds. The molecule has 1 aliphatic heterocycles. The maximum atomic E-state index is 12.9. The molecule has 4 rings (SSSR count). The van der Waals surface area contributed by atoms with Crippen LogP contribution in [0.1, 0.15) is 41.6 Å². The quantitative estimate of drug-likeness (QED) is 0.676. The minimum Gasteiger partial charge on any atom is -0.496 e. The highest BCUT2D eigenvalue weighted by atomic mass is 16.5. The number of aliphatic imine (C=N–C) groups is 1. The fourth-order valence-electron chi connectivity index (χ4n) is 4.82. The van der Waals surface area contributed by atoms with E-state index in [4.69, 9.17) is 4.74 Å². The third-order valence-electron chi connectivity index (χ3n) is 6.65. The third-order valence-corrected chi connectivity index (χ3v) is 6.65. The summed E-state index contributed by atoms with van der Waals surface area (Å²) in [5.74, 6) is -0.210. The van der Waals surface area contributed by atoms with Crippen LogP contribution in [0.2, 0.25) is 0 Å². The van der Waals surface area contributed by atoms with E-state index in [2.05, 4.69) is 22.4 Å². The van der Waals surface area contributed by atoms with Crippen molar-refractivity contribution in [2.24, 2.45) is 4.99 Å². The van der Waals surface area contributed by atoms with Crippen molar-refractivity contribution in [3.63, 3.8) is 0 Å². The molecule has 0 atom stereocenters. The molecule has 0 radical (unpaired) electrons. The van der Waals surface area contributed by atoms with Crippen molar-refractivity contribution in [3.8, 4) is 5.75 Å². The standard InChI is InChI=1S/C25H27N3O5/c1-33-21-10-6-5-9-19(21)22(30)26-16-25(17-7-3-2-4-8-17)13-11-18(12-14-25)28-23(31)20(15-29)27-24(28)32/h2-10,18,29H,11-16H2,1H3,(H,26,30). The van der Waals surface area contributed by atoms with Crippen LogP contribution >= 0.6 is 0 Å². The Morgan fingerprint density at radius 3 is 2.42 bits per heavy atom. The molecule has 8 nitrogen and oxygen atoms in total. The zero-order valence-electron chi connectivity index (χ0n) is 18.5. The zero-order valence-corrected chi connectivity index (χ0v) is 18.5. The summed E-state index contributed by atoms with van der Waals surface area (Å²) in [6.07, 6.45) is 2.54. The number of benzene rings is 2. The van der Waals surface area contributed by atoms with Crippen LogP contribution in [-0.4, -0.2) is 59.9 Å². The lowest BCUT2D eigenvalue weighted by Crippen LogP contribution is -2.49. The molecule has 8 heteroatoms. The smallest absolute Gasteiger partial charge is 0.351 e. The Labute approximate surface area is 192 Å². The molecule has 2 aliphatic rings. The van der Waals surface area contributed by atoms with Crippen molar-refractivity contribution in [3.05, 3.63) is 65.7 Å². The van der Waals surface area contributed by atoms with Crippen LogP contribution < -0.4 is 10.1 Å². The van der Waals surface area contributed by atoms with E-state index in [0.717, 1.165) is 5.56 Å². The van der Waals surface area contributed by atoms with Crippen molar-refractivity contribution in [1.82, 2.24) is 10.2 Å². The number of carbonyl (C=O) groups is 3. The number of methoxy groups -OCH3 is 1. The molecule has 1 aliphatic carbocycles. The number of aliphatic hydroxyl groups is 1. The Hall–Kier alpha value is -3.52. The van der Waals surface area contributed by atoms with Gasteiger partial charge in [0.2, 0.25) is 0 Å². The molecule has 0 aromatic heterocycles. The topological polar surface area (TPSA) is 108 Å². The first kappa shape index (κ1) is 22.7. The van der Waals surface area contributed by atoms with Crippen LogP contribution in [-0.2, 0) is 10.2 Å². The molecule has 0 saturated heterocycles. The van der Waals surface area contributed by atoms with Gasteiger partial charge in [0.15, 0.2) is 0 Å². The van der Waals surface area contributed by atoms with Gasteiger partial charge >= 0.3 is 6.03 Å². The zero-order chi connectivity index (χ0) is 23.4. The van der Waals surface area contributed by atoms with Gasteiger partial charge in [-0.2, -0.15) is 4.99 Å². The molecule has 1 heterocycles. The number of urea groups is 1. The van der Waals surface area contributed by atoms with E-state index in [1.54, 1.807) is 18.2 Å². The lowest BCUT2D eigenvalue weighted by Gasteiger charge is -2.42. The summed E-state index contributed by atoms with van der Waals surface area (Å²) in [5.41, 5.74) is 1.14. The molecule has 2 N–H and O–H groups in total. The first-order chi connectivity index (χ1) is 16.0. The molecular formula is C25H27N3O5. The fourth-order valence-corrected chi connectivity index (χ4v) is 4.82. The number of aliphatic hydroxyl groups excluding tert-OH is 1. The molecular weight excluding hydrogens is 422 g/mol. The van der Waals surface area contributed by atoms with Crippen molar-refractivity contribution in [1.29, 1.82) is 0 Å². The molecule has 0 unspecified atom stereocenters. The van der Waals surface area contributed by atoms with Gasteiger partial charge in [-0.1, -0.05) is 42.5 Å². The highest BCUT2D eigenvalue weighted by Gasteiger charge is 2.44. The second-order valence-electron chi connectivity index (χ2n) is 8.43. The van der Waals surface area contributed by atoms with Crippen molar-refractivity contribution in [2.75, 3.05) is 20.3 Å². The first-order valence-electron chi connectivity index (χ1n) is 11.0. The second-order valence-corrected chi connectivity index (χ2v) is 8.43. The van der Waals surface area contributed by atoms with E-state index in [-0.39, 0.29) is 23.1 Å². The third kappa shape index (κ3) is 4.39. The average molecular weight is 450 g/mol. The van der Waals surface area contributed by atoms with Crippen molar-refractivity contribution >= 4 is 23.6 Å². The summed E-state index contributed by atoms with van der Waals surface area (Å²) in [4.78, 5) is 42.5. The number of nitrogens with one attached hydrogen (secondary N) is 1. The molecule has 172 valence electrons. The summed E-state index contributed by atoms with van der Waals surface area (Å²) in [7, 11) is 1.53. The number of imide groups is 1. The summed E-state index contributed by atoms with van der Waals surface area (Å²) >= 11 is 0. The van der Waals surface area contributed by atoms with E-state index in [0.29, 0.717) is 43.5 Å². The number of amides is 4. The molecule has 2 aromatic rings. The number of nitrogens with zero attached hydrogens (tertiary/aromatic N) is 2. The first-order valence-corrected chi connectivity index (χ1v) is 11.0. The predicted octanol–water partition coefficient (Wildman–Crippen LogP) is 2.70. The Morgan fingerprint density at radius 2 is 1.79 bits per heavy atom. The van der Waals surface area contributed by atoms with Gasteiger partial charge < -0.3 is 15.2 Å². The summed E-state index contributed by atoms with van der Waals surface area (Å²) in [5, 5.41) is 12.4. The maximum Gasteiger partial charge on any atom is 0.351 e. The molecule has 0 bridgehead atoms. The van der Waals surface area contributed by atoms with Gasteiger partial charge in [0, 0.05) is 18.0 Å². The Bertz CT molecular complexity index is 1070. The van der Waals surface area contributed by atoms with Gasteiger partial charge in [0.05, 0.1) is 19.3 Å². The summed E-state index contributed by atoms with van der Waals surface area (Å²) < 4.78 is 5.32. The lowest BCUT2D eigenvalue weighted by atomic mass is 9.67. The Kier molecular flexibility index (Phi) is 6.55. The largest absolute Gasteiger partial charge is 0.496 e. The normalized spacial score (nSPS) is 22.8. The van der Waals surface area contributed by atoms with Crippen molar-refractivity contribution < 1.29 is 24.2 Å². The van der Waals surface area contributed by atoms with Crippen LogP contribution in [0.3, 0.4) is 0 Å². The highest BCUT2D eigenvalue weighted by Crippen LogP contribution is 2.41. The highest BCUT2D eigenvalue weighted by molar-refractivity contribution is 6.46. The summed E-state index contributed by atoms with van der Waals surface area (Å²) in [6.45, 7) is -0.127. The molecule has 1 saturated carbocycles. The number of carbonyl (C=O) groups excluding carboxylic acids is 3. The van der Waals surface area contributed by atoms with Crippen LogP contribution in [0.25, 0.3) is 0 Å². The fraction of sp³-hybridized carbons (Fsp3) is 0.360. The van der Waals surface area contributed by atoms with E-state index in [1.165, 1.54) is 12.0 Å². The van der Waals surface area contributed by atoms with Crippen LogP contribution in [0.5, 0.6) is 5.75 Å². The van der Waals surface area contributed by atoms with Crippen molar-refractivity contribution in [2.45, 2.75) is 37.1 Å². The number of rotatable bonds is 7. The van der Waals surface area contributed by atoms with E-state index >= 15 is 0 Å². The second kappa shape index (κ2) is 9.54. The van der Waals surface area contributed by atoms with E-state index in [1.807, 2.05) is 24.3 Å². The Balaban J connectivity index is 1.51. The SMILES string of the molecule is COc1ccccc1C(=O)NCC1(c2ccccc2)CCC(N2C(=O)N=C(CO)C2=O)CC1. The molecule has 2 aromatic carbocycles. The lowest BCUT2D eigenvalue weighted by molar-refractivity contribution is -0.123. The van der Waals surface area contributed by atoms with Gasteiger partial charge in [0.1, 0.15) is 11.5 Å².